The van der Waals surface area contributed by atoms with Crippen molar-refractivity contribution < 1.29 is 9.84 Å². The van der Waals surface area contributed by atoms with Gasteiger partial charge in [-0.25, -0.2) is 0 Å². The van der Waals surface area contributed by atoms with Gasteiger partial charge in [-0.15, -0.1) is 0 Å². The molecule has 0 amide bonds. The van der Waals surface area contributed by atoms with Crippen LogP contribution in [-0.4, -0.2) is 31.4 Å². The van der Waals surface area contributed by atoms with Crippen molar-refractivity contribution in [3.63, 3.8) is 0 Å². The average molecular weight is 319 g/mol. The number of nitrogens with one attached hydrogen (secondary N) is 1. The fraction of sp³-hybridized carbons (Fsp3) is 0.294. The third-order valence-corrected chi connectivity index (χ3v) is 4.10. The zero-order chi connectivity index (χ0) is 15.4. The van der Waals surface area contributed by atoms with Crippen LogP contribution in [0, 0.1) is 0 Å². The van der Waals surface area contributed by atoms with Gasteiger partial charge in [-0.05, 0) is 23.8 Å². The number of ether oxygens (including phenoxy) is 1. The van der Waals surface area contributed by atoms with Crippen molar-refractivity contribution in [2.24, 2.45) is 0 Å². The van der Waals surface area contributed by atoms with E-state index in [4.69, 9.17) is 16.3 Å². The van der Waals surface area contributed by atoms with Gasteiger partial charge in [0.1, 0.15) is 0 Å². The molecule has 4 nitrogen and oxygen atoms in total. The van der Waals surface area contributed by atoms with Crippen LogP contribution in [0.2, 0.25) is 5.02 Å². The molecule has 2 aromatic rings. The van der Waals surface area contributed by atoms with E-state index >= 15 is 0 Å². The van der Waals surface area contributed by atoms with Crippen molar-refractivity contribution in [2.45, 2.75) is 6.54 Å². The summed E-state index contributed by atoms with van der Waals surface area (Å²) in [6.45, 7) is 3.95. The van der Waals surface area contributed by atoms with E-state index in [1.54, 1.807) is 6.07 Å². The van der Waals surface area contributed by atoms with Gasteiger partial charge in [-0.2, -0.15) is 0 Å². The Morgan fingerprint density at radius 2 is 1.86 bits per heavy atom. The molecule has 0 aliphatic carbocycles. The average Bonchev–Trinajstić information content (AvgIpc) is 2.57. The molecule has 3 rings (SSSR count). The number of nitrogens with zero attached hydrogens (tertiary/aromatic N) is 1. The number of phenols is 1. The van der Waals surface area contributed by atoms with Gasteiger partial charge in [0.2, 0.25) is 0 Å². The van der Waals surface area contributed by atoms with Crippen LogP contribution in [0.5, 0.6) is 5.75 Å². The Morgan fingerprint density at radius 1 is 1.09 bits per heavy atom. The molecule has 2 aromatic carbocycles. The van der Waals surface area contributed by atoms with E-state index in [-0.39, 0.29) is 5.75 Å². The minimum absolute atomic E-state index is 0.0908. The molecule has 0 spiro atoms. The van der Waals surface area contributed by atoms with Gasteiger partial charge >= 0.3 is 0 Å². The summed E-state index contributed by atoms with van der Waals surface area (Å²) in [7, 11) is 0. The molecule has 1 fully saturated rings. The minimum Gasteiger partial charge on any atom is -0.504 e. The number of benzene rings is 2. The van der Waals surface area contributed by atoms with Gasteiger partial charge in [-0.3, -0.25) is 0 Å². The van der Waals surface area contributed by atoms with E-state index in [2.05, 4.69) is 22.3 Å². The van der Waals surface area contributed by atoms with E-state index < -0.39 is 0 Å². The molecule has 2 N–H and O–H groups in total. The first kappa shape index (κ1) is 15.0. The summed E-state index contributed by atoms with van der Waals surface area (Å²) >= 11 is 5.94. The Balaban J connectivity index is 1.76. The summed E-state index contributed by atoms with van der Waals surface area (Å²) < 4.78 is 5.41. The number of morpholine rings is 1. The molecule has 0 unspecified atom stereocenters. The number of para-hydroxylation sites is 2. The summed E-state index contributed by atoms with van der Waals surface area (Å²) in [5, 5.41) is 13.6. The Bertz CT molecular complexity index is 642. The quantitative estimate of drug-likeness (QED) is 0.847. The van der Waals surface area contributed by atoms with Gasteiger partial charge < -0.3 is 20.1 Å². The number of hydrogen-bond donors (Lipinski definition) is 2. The molecule has 1 aliphatic heterocycles. The molecule has 0 radical (unpaired) electrons. The van der Waals surface area contributed by atoms with E-state index in [9.17, 15) is 5.11 Å². The van der Waals surface area contributed by atoms with Crippen LogP contribution in [-0.2, 0) is 11.3 Å². The SMILES string of the molecule is Oc1c(Cl)cccc1NCc1ccccc1N1CCOCC1. The van der Waals surface area contributed by atoms with Crippen LogP contribution in [0.25, 0.3) is 0 Å². The fourth-order valence-electron chi connectivity index (χ4n) is 2.62. The van der Waals surface area contributed by atoms with Crippen molar-refractivity contribution in [3.05, 3.63) is 53.1 Å². The van der Waals surface area contributed by atoms with Crippen molar-refractivity contribution in [2.75, 3.05) is 36.5 Å². The monoisotopic (exact) mass is 318 g/mol. The van der Waals surface area contributed by atoms with Gasteiger partial charge in [0.25, 0.3) is 0 Å². The van der Waals surface area contributed by atoms with Crippen LogP contribution in [0.3, 0.4) is 0 Å². The van der Waals surface area contributed by atoms with Crippen molar-refractivity contribution in [1.82, 2.24) is 0 Å². The van der Waals surface area contributed by atoms with E-state index in [0.29, 0.717) is 17.3 Å². The highest BCUT2D eigenvalue weighted by atomic mass is 35.5. The van der Waals surface area contributed by atoms with Crippen LogP contribution in [0.15, 0.2) is 42.5 Å². The molecule has 22 heavy (non-hydrogen) atoms. The normalized spacial score (nSPS) is 14.9. The second-order valence-electron chi connectivity index (χ2n) is 5.22. The highest BCUT2D eigenvalue weighted by Crippen LogP contribution is 2.32. The first-order chi connectivity index (χ1) is 10.8. The maximum absolute atomic E-state index is 9.97. The van der Waals surface area contributed by atoms with Crippen LogP contribution in [0.4, 0.5) is 11.4 Å². The number of anilines is 2. The van der Waals surface area contributed by atoms with Crippen LogP contribution < -0.4 is 10.2 Å². The zero-order valence-electron chi connectivity index (χ0n) is 12.3. The van der Waals surface area contributed by atoms with Crippen LogP contribution >= 0.6 is 11.6 Å². The predicted octanol–water partition coefficient (Wildman–Crippen LogP) is 3.49. The van der Waals surface area contributed by atoms with Crippen LogP contribution in [0.1, 0.15) is 5.56 Å². The lowest BCUT2D eigenvalue weighted by atomic mass is 10.1. The van der Waals surface area contributed by atoms with E-state index in [1.165, 1.54) is 11.3 Å². The Hall–Kier alpha value is -1.91. The Labute approximate surface area is 135 Å². The molecule has 1 saturated heterocycles. The molecule has 1 aliphatic rings. The molecule has 0 atom stereocenters. The first-order valence-corrected chi connectivity index (χ1v) is 7.75. The summed E-state index contributed by atoms with van der Waals surface area (Å²) in [5.41, 5.74) is 3.04. The number of halogens is 1. The third kappa shape index (κ3) is 3.29. The van der Waals surface area contributed by atoms with E-state index in [0.717, 1.165) is 26.3 Å². The van der Waals surface area contributed by atoms with Crippen molar-refractivity contribution in [3.8, 4) is 5.75 Å². The minimum atomic E-state index is 0.0908. The fourth-order valence-corrected chi connectivity index (χ4v) is 2.80. The topological polar surface area (TPSA) is 44.7 Å². The first-order valence-electron chi connectivity index (χ1n) is 7.37. The lowest BCUT2D eigenvalue weighted by Gasteiger charge is -2.30. The Kier molecular flexibility index (Phi) is 4.71. The summed E-state index contributed by atoms with van der Waals surface area (Å²) in [6, 6.07) is 13.6. The standard InChI is InChI=1S/C17H19ClN2O2/c18-14-5-3-6-15(17(14)21)19-12-13-4-1-2-7-16(13)20-8-10-22-11-9-20/h1-7,19,21H,8-12H2. The third-order valence-electron chi connectivity index (χ3n) is 3.80. The maximum atomic E-state index is 9.97. The highest BCUT2D eigenvalue weighted by Gasteiger charge is 2.14. The van der Waals surface area contributed by atoms with Gasteiger partial charge in [0.05, 0.1) is 23.9 Å². The summed E-state index contributed by atoms with van der Waals surface area (Å²) in [4.78, 5) is 2.33. The molecular formula is C17H19ClN2O2. The molecule has 5 heteroatoms. The van der Waals surface area contributed by atoms with Gasteiger partial charge in [0, 0.05) is 25.3 Å². The number of aromatic hydroxyl groups is 1. The second kappa shape index (κ2) is 6.90. The molecular weight excluding hydrogens is 300 g/mol. The summed E-state index contributed by atoms with van der Waals surface area (Å²) in [6.07, 6.45) is 0. The zero-order valence-corrected chi connectivity index (χ0v) is 13.0. The van der Waals surface area contributed by atoms with Crippen molar-refractivity contribution >= 4 is 23.0 Å². The Morgan fingerprint density at radius 3 is 2.68 bits per heavy atom. The molecule has 0 aromatic heterocycles. The predicted molar refractivity (Wildman–Crippen MR) is 89.9 cm³/mol. The maximum Gasteiger partial charge on any atom is 0.157 e. The highest BCUT2D eigenvalue weighted by molar-refractivity contribution is 6.32. The molecule has 1 heterocycles. The number of phenolic OH excluding ortho intramolecular Hbond substituents is 1. The van der Waals surface area contributed by atoms with Gasteiger partial charge in [-0.1, -0.05) is 35.9 Å². The lowest BCUT2D eigenvalue weighted by Crippen LogP contribution is -2.36. The lowest BCUT2D eigenvalue weighted by molar-refractivity contribution is 0.122. The molecule has 116 valence electrons. The van der Waals surface area contributed by atoms with E-state index in [1.807, 2.05) is 24.3 Å². The molecule has 0 bridgehead atoms. The number of hydrogen-bond acceptors (Lipinski definition) is 4. The smallest absolute Gasteiger partial charge is 0.157 e. The largest absolute Gasteiger partial charge is 0.504 e. The van der Waals surface area contributed by atoms with Crippen molar-refractivity contribution in [1.29, 1.82) is 0 Å². The summed E-state index contributed by atoms with van der Waals surface area (Å²) in [5.74, 6) is 0.0908. The second-order valence-corrected chi connectivity index (χ2v) is 5.62. The molecule has 0 saturated carbocycles. The van der Waals surface area contributed by atoms with Gasteiger partial charge in [0.15, 0.2) is 5.75 Å². The number of rotatable bonds is 4.